The van der Waals surface area contributed by atoms with Gasteiger partial charge >= 0.3 is 5.97 Å². The smallest absolute Gasteiger partial charge is 0.335 e. The molecular weight excluding hydrogens is 376 g/mol. The van der Waals surface area contributed by atoms with Gasteiger partial charge in [-0.05, 0) is 36.2 Å². The number of hydrogen-bond donors (Lipinski definition) is 2. The van der Waals surface area contributed by atoms with Crippen LogP contribution in [0, 0.1) is 0 Å². The van der Waals surface area contributed by atoms with Crippen LogP contribution in [0.1, 0.15) is 22.3 Å². The normalized spacial score (nSPS) is 12.7. The highest BCUT2D eigenvalue weighted by atomic mass is 16.5. The van der Waals surface area contributed by atoms with Crippen molar-refractivity contribution in [1.82, 2.24) is 5.32 Å². The lowest BCUT2D eigenvalue weighted by atomic mass is 10.1. The Morgan fingerprint density at radius 2 is 2.03 bits per heavy atom. The third-order valence-corrected chi connectivity index (χ3v) is 4.62. The highest BCUT2D eigenvalue weighted by molar-refractivity contribution is 5.98. The predicted molar refractivity (Wildman–Crippen MR) is 106 cm³/mol. The maximum atomic E-state index is 12.2. The Morgan fingerprint density at radius 1 is 1.24 bits per heavy atom. The second kappa shape index (κ2) is 9.09. The third kappa shape index (κ3) is 4.84. The molecule has 0 saturated heterocycles. The van der Waals surface area contributed by atoms with Crippen molar-refractivity contribution in [2.45, 2.75) is 12.8 Å². The third-order valence-electron chi connectivity index (χ3n) is 4.62. The zero-order valence-electron chi connectivity index (χ0n) is 16.0. The van der Waals surface area contributed by atoms with E-state index in [1.165, 1.54) is 19.2 Å². The van der Waals surface area contributed by atoms with Crippen molar-refractivity contribution < 1.29 is 29.0 Å². The summed E-state index contributed by atoms with van der Waals surface area (Å²) in [5.41, 5.74) is 1.61. The molecule has 8 nitrogen and oxygen atoms in total. The minimum atomic E-state index is -1.03. The number of carbonyl (C=O) groups is 3. The quantitative estimate of drug-likeness (QED) is 0.703. The Hall–Kier alpha value is -3.55. The summed E-state index contributed by atoms with van der Waals surface area (Å²) in [6.07, 6.45) is 0.656. The Labute approximate surface area is 168 Å². The van der Waals surface area contributed by atoms with Gasteiger partial charge in [0.05, 0.1) is 18.4 Å². The topological polar surface area (TPSA) is 105 Å². The van der Waals surface area contributed by atoms with Crippen LogP contribution in [0.4, 0.5) is 5.69 Å². The molecule has 3 rings (SSSR count). The molecular formula is C21H22N2O6. The summed E-state index contributed by atoms with van der Waals surface area (Å²) in [5.74, 6) is -0.288. The first-order chi connectivity index (χ1) is 14.0. The SMILES string of the molecule is COc1cc(C(=O)O)ccc1CCNC(=O)CCN1C(=O)COc2ccccc21. The number of fused-ring (bicyclic) bond motifs is 1. The lowest BCUT2D eigenvalue weighted by molar-refractivity contribution is -0.122. The van der Waals surface area contributed by atoms with E-state index in [0.29, 0.717) is 30.2 Å². The molecule has 1 aliphatic heterocycles. The van der Waals surface area contributed by atoms with Gasteiger partial charge in [-0.25, -0.2) is 4.79 Å². The van der Waals surface area contributed by atoms with E-state index < -0.39 is 5.97 Å². The number of amides is 2. The zero-order valence-corrected chi connectivity index (χ0v) is 16.0. The summed E-state index contributed by atoms with van der Waals surface area (Å²) >= 11 is 0. The molecule has 1 heterocycles. The first kappa shape index (κ1) is 20.2. The number of carboxylic acids is 1. The summed E-state index contributed by atoms with van der Waals surface area (Å²) in [5, 5.41) is 11.9. The summed E-state index contributed by atoms with van der Waals surface area (Å²) in [7, 11) is 1.47. The number of carbonyl (C=O) groups excluding carboxylic acids is 2. The molecule has 0 fully saturated rings. The van der Waals surface area contributed by atoms with Crippen LogP contribution in [0.5, 0.6) is 11.5 Å². The molecule has 1 aliphatic rings. The first-order valence-corrected chi connectivity index (χ1v) is 9.18. The number of aromatic carboxylic acids is 1. The molecule has 0 radical (unpaired) electrons. The fourth-order valence-electron chi connectivity index (χ4n) is 3.12. The van der Waals surface area contributed by atoms with Crippen molar-refractivity contribution in [1.29, 1.82) is 0 Å². The molecule has 0 spiro atoms. The van der Waals surface area contributed by atoms with Gasteiger partial charge < -0.3 is 24.8 Å². The van der Waals surface area contributed by atoms with Gasteiger partial charge in [0.1, 0.15) is 11.5 Å². The van der Waals surface area contributed by atoms with E-state index in [1.807, 2.05) is 12.1 Å². The Balaban J connectivity index is 1.51. The van der Waals surface area contributed by atoms with Gasteiger partial charge in [-0.2, -0.15) is 0 Å². The number of rotatable bonds is 8. The van der Waals surface area contributed by atoms with Crippen LogP contribution in [-0.2, 0) is 16.0 Å². The molecule has 0 bridgehead atoms. The van der Waals surface area contributed by atoms with Gasteiger partial charge in [0.2, 0.25) is 5.91 Å². The van der Waals surface area contributed by atoms with E-state index in [-0.39, 0.29) is 37.0 Å². The maximum Gasteiger partial charge on any atom is 0.335 e. The number of anilines is 1. The van der Waals surface area contributed by atoms with Crippen LogP contribution < -0.4 is 19.7 Å². The van der Waals surface area contributed by atoms with Crippen LogP contribution in [0.25, 0.3) is 0 Å². The zero-order chi connectivity index (χ0) is 20.8. The Bertz CT molecular complexity index is 927. The molecule has 2 aromatic rings. The standard InChI is InChI=1S/C21H22N2O6/c1-28-18-12-15(21(26)27)7-6-14(18)8-10-22-19(24)9-11-23-16-4-2-3-5-17(16)29-13-20(23)25/h2-7,12H,8-11,13H2,1H3,(H,22,24)(H,26,27). The molecule has 0 saturated carbocycles. The average molecular weight is 398 g/mol. The van der Waals surface area contributed by atoms with E-state index >= 15 is 0 Å². The summed E-state index contributed by atoms with van der Waals surface area (Å²) in [4.78, 5) is 36.9. The van der Waals surface area contributed by atoms with Gasteiger partial charge in [0.25, 0.3) is 5.91 Å². The van der Waals surface area contributed by atoms with Crippen molar-refractivity contribution in [3.63, 3.8) is 0 Å². The molecule has 0 aromatic heterocycles. The maximum absolute atomic E-state index is 12.2. The van der Waals surface area contributed by atoms with Gasteiger partial charge in [-0.1, -0.05) is 18.2 Å². The van der Waals surface area contributed by atoms with E-state index in [4.69, 9.17) is 14.6 Å². The second-order valence-electron chi connectivity index (χ2n) is 6.48. The van der Waals surface area contributed by atoms with Crippen LogP contribution in [-0.4, -0.2) is 49.7 Å². The summed E-state index contributed by atoms with van der Waals surface area (Å²) in [6.45, 7) is 0.599. The molecule has 29 heavy (non-hydrogen) atoms. The number of ether oxygens (including phenoxy) is 2. The first-order valence-electron chi connectivity index (χ1n) is 9.18. The van der Waals surface area contributed by atoms with Crippen molar-refractivity contribution in [2.24, 2.45) is 0 Å². The fraction of sp³-hybridized carbons (Fsp3) is 0.286. The highest BCUT2D eigenvalue weighted by Gasteiger charge is 2.25. The molecule has 0 unspecified atom stereocenters. The van der Waals surface area contributed by atoms with Crippen molar-refractivity contribution in [3.8, 4) is 11.5 Å². The number of hydrogen-bond acceptors (Lipinski definition) is 5. The molecule has 2 aromatic carbocycles. The van der Waals surface area contributed by atoms with Gasteiger partial charge in [0, 0.05) is 19.5 Å². The average Bonchev–Trinajstić information content (AvgIpc) is 2.73. The number of nitrogens with zero attached hydrogens (tertiary/aromatic N) is 1. The van der Waals surface area contributed by atoms with Crippen molar-refractivity contribution >= 4 is 23.5 Å². The lowest BCUT2D eigenvalue weighted by Crippen LogP contribution is -2.41. The predicted octanol–water partition coefficient (Wildman–Crippen LogP) is 1.87. The molecule has 0 atom stereocenters. The minimum absolute atomic E-state index is 0.0369. The molecule has 0 aliphatic carbocycles. The lowest BCUT2D eigenvalue weighted by Gasteiger charge is -2.29. The van der Waals surface area contributed by atoms with Crippen molar-refractivity contribution in [2.75, 3.05) is 31.7 Å². The minimum Gasteiger partial charge on any atom is -0.496 e. The van der Waals surface area contributed by atoms with Crippen LogP contribution in [0.15, 0.2) is 42.5 Å². The van der Waals surface area contributed by atoms with E-state index in [1.54, 1.807) is 23.1 Å². The molecule has 2 N–H and O–H groups in total. The van der Waals surface area contributed by atoms with Gasteiger partial charge in [-0.15, -0.1) is 0 Å². The van der Waals surface area contributed by atoms with Crippen molar-refractivity contribution in [3.05, 3.63) is 53.6 Å². The highest BCUT2D eigenvalue weighted by Crippen LogP contribution is 2.31. The van der Waals surface area contributed by atoms with E-state index in [0.717, 1.165) is 5.56 Å². The van der Waals surface area contributed by atoms with Gasteiger partial charge in [0.15, 0.2) is 6.61 Å². The molecule has 152 valence electrons. The largest absolute Gasteiger partial charge is 0.496 e. The Kier molecular flexibility index (Phi) is 6.33. The Morgan fingerprint density at radius 3 is 2.79 bits per heavy atom. The molecule has 8 heteroatoms. The van der Waals surface area contributed by atoms with Crippen LogP contribution in [0.3, 0.4) is 0 Å². The van der Waals surface area contributed by atoms with Gasteiger partial charge in [-0.3, -0.25) is 9.59 Å². The number of benzene rings is 2. The second-order valence-corrected chi connectivity index (χ2v) is 6.48. The number of nitrogens with one attached hydrogen (secondary N) is 1. The van der Waals surface area contributed by atoms with Crippen LogP contribution in [0.2, 0.25) is 0 Å². The summed E-state index contributed by atoms with van der Waals surface area (Å²) < 4.78 is 10.6. The number of methoxy groups -OCH3 is 1. The van der Waals surface area contributed by atoms with Crippen LogP contribution >= 0.6 is 0 Å². The fourth-order valence-corrected chi connectivity index (χ4v) is 3.12. The number of para-hydroxylation sites is 2. The number of carboxylic acid groups (broad SMARTS) is 1. The van der Waals surface area contributed by atoms with E-state index in [2.05, 4.69) is 5.32 Å². The molecule has 2 amide bonds. The monoisotopic (exact) mass is 398 g/mol. The summed E-state index contributed by atoms with van der Waals surface area (Å²) in [6, 6.07) is 11.9. The van der Waals surface area contributed by atoms with E-state index in [9.17, 15) is 14.4 Å².